The highest BCUT2D eigenvalue weighted by Crippen LogP contribution is 2.27. The molecule has 0 atom stereocenters. The molecule has 2 saturated carbocycles. The lowest BCUT2D eigenvalue weighted by atomic mass is 9.96. The van der Waals surface area contributed by atoms with E-state index in [-0.39, 0.29) is 33.8 Å². The Hall–Kier alpha value is -2.19. The molecular weight excluding hydrogens is 414 g/mol. The first-order valence-corrected chi connectivity index (χ1v) is 12.7. The lowest BCUT2D eigenvalue weighted by molar-refractivity contribution is 0.0936. The molecule has 0 spiro atoms. The number of carbonyl (C=O) groups is 1. The van der Waals surface area contributed by atoms with Crippen LogP contribution in [0.4, 0.5) is 0 Å². The van der Waals surface area contributed by atoms with E-state index in [1.54, 1.807) is 30.8 Å². The molecule has 1 heterocycles. The van der Waals surface area contributed by atoms with Gasteiger partial charge in [-0.2, -0.15) is 4.31 Å². The van der Waals surface area contributed by atoms with Crippen LogP contribution in [0.5, 0.6) is 0 Å². The summed E-state index contributed by atoms with van der Waals surface area (Å²) in [5.41, 5.74) is 0.222. The van der Waals surface area contributed by atoms with Crippen LogP contribution in [0, 0.1) is 0 Å². The number of nitrogens with zero attached hydrogens (tertiary/aromatic N) is 2. The zero-order valence-electron chi connectivity index (χ0n) is 18.3. The number of pyridine rings is 1. The number of hydrogen-bond acceptors (Lipinski definition) is 4. The van der Waals surface area contributed by atoms with Crippen LogP contribution < -0.4 is 10.7 Å². The van der Waals surface area contributed by atoms with E-state index in [0.29, 0.717) is 5.52 Å². The number of aryl methyl sites for hydroxylation is 1. The molecule has 1 aromatic carbocycles. The van der Waals surface area contributed by atoms with Crippen LogP contribution in [-0.2, 0) is 17.1 Å². The molecule has 0 aliphatic heterocycles. The van der Waals surface area contributed by atoms with E-state index in [0.717, 1.165) is 57.8 Å². The second kappa shape index (κ2) is 8.74. The maximum absolute atomic E-state index is 13.3. The molecule has 7 nitrogen and oxygen atoms in total. The van der Waals surface area contributed by atoms with Crippen molar-refractivity contribution in [1.29, 1.82) is 0 Å². The number of aromatic nitrogens is 1. The normalized spacial score (nSPS) is 18.7. The second-order valence-corrected chi connectivity index (χ2v) is 10.9. The molecule has 4 rings (SSSR count). The number of sulfonamides is 1. The fourth-order valence-corrected chi connectivity index (χ4v) is 6.38. The van der Waals surface area contributed by atoms with Crippen LogP contribution in [0.3, 0.4) is 0 Å². The Morgan fingerprint density at radius 3 is 2.39 bits per heavy atom. The molecule has 0 radical (unpaired) electrons. The molecule has 0 unspecified atom stereocenters. The topological polar surface area (TPSA) is 88.5 Å². The molecule has 0 bridgehead atoms. The summed E-state index contributed by atoms with van der Waals surface area (Å²) in [7, 11) is -0.342. The zero-order chi connectivity index (χ0) is 22.2. The summed E-state index contributed by atoms with van der Waals surface area (Å²) in [5.74, 6) is -0.387. The first-order valence-electron chi connectivity index (χ1n) is 11.2. The molecule has 0 saturated heterocycles. The number of nitrogens with one attached hydrogen (secondary N) is 1. The van der Waals surface area contributed by atoms with Crippen LogP contribution in [0.1, 0.15) is 68.1 Å². The highest BCUT2D eigenvalue weighted by molar-refractivity contribution is 7.89. The summed E-state index contributed by atoms with van der Waals surface area (Å²) in [6.07, 6.45) is 10.5. The maximum Gasteiger partial charge on any atom is 0.256 e. The van der Waals surface area contributed by atoms with E-state index in [2.05, 4.69) is 5.32 Å². The number of carbonyl (C=O) groups excluding carboxylic acids is 1. The highest BCUT2D eigenvalue weighted by Gasteiger charge is 2.30. The summed E-state index contributed by atoms with van der Waals surface area (Å²) in [6, 6.07) is 4.72. The molecule has 8 heteroatoms. The molecule has 2 aliphatic carbocycles. The summed E-state index contributed by atoms with van der Waals surface area (Å²) in [6.45, 7) is 0. The van der Waals surface area contributed by atoms with E-state index in [4.69, 9.17) is 0 Å². The third-order valence-electron chi connectivity index (χ3n) is 6.86. The SMILES string of the molecule is CN(C1CCCCC1)S(=O)(=O)c1ccc2c(c1)c(=O)c(C(=O)NC1CCCC1)cn2C. The van der Waals surface area contributed by atoms with Crippen molar-refractivity contribution in [2.75, 3.05) is 7.05 Å². The van der Waals surface area contributed by atoms with E-state index >= 15 is 0 Å². The quantitative estimate of drug-likeness (QED) is 0.766. The number of amides is 1. The van der Waals surface area contributed by atoms with Gasteiger partial charge in [-0.05, 0) is 43.9 Å². The lowest BCUT2D eigenvalue weighted by Gasteiger charge is -2.30. The van der Waals surface area contributed by atoms with Gasteiger partial charge < -0.3 is 9.88 Å². The molecule has 2 aromatic rings. The van der Waals surface area contributed by atoms with Gasteiger partial charge in [0.1, 0.15) is 5.56 Å². The highest BCUT2D eigenvalue weighted by atomic mass is 32.2. The van der Waals surface area contributed by atoms with Crippen molar-refractivity contribution in [1.82, 2.24) is 14.2 Å². The summed E-state index contributed by atoms with van der Waals surface area (Å²) < 4.78 is 29.7. The Bertz CT molecular complexity index is 1140. The monoisotopic (exact) mass is 445 g/mol. The molecule has 2 fully saturated rings. The number of benzene rings is 1. The predicted octanol–water partition coefficient (Wildman–Crippen LogP) is 3.16. The van der Waals surface area contributed by atoms with E-state index in [1.165, 1.54) is 16.6 Å². The van der Waals surface area contributed by atoms with Crippen LogP contribution >= 0.6 is 0 Å². The Kier molecular flexibility index (Phi) is 6.21. The van der Waals surface area contributed by atoms with E-state index in [9.17, 15) is 18.0 Å². The van der Waals surface area contributed by atoms with Crippen molar-refractivity contribution in [3.05, 3.63) is 40.2 Å². The Balaban J connectivity index is 1.71. The summed E-state index contributed by atoms with van der Waals surface area (Å²) in [4.78, 5) is 26.0. The van der Waals surface area contributed by atoms with Crippen molar-refractivity contribution >= 4 is 26.8 Å². The van der Waals surface area contributed by atoms with Crippen LogP contribution in [0.2, 0.25) is 0 Å². The van der Waals surface area contributed by atoms with Crippen molar-refractivity contribution < 1.29 is 13.2 Å². The summed E-state index contributed by atoms with van der Waals surface area (Å²) >= 11 is 0. The van der Waals surface area contributed by atoms with Crippen molar-refractivity contribution in [3.63, 3.8) is 0 Å². The van der Waals surface area contributed by atoms with Gasteiger partial charge in [0.2, 0.25) is 15.5 Å². The Labute approximate surface area is 183 Å². The Morgan fingerprint density at radius 2 is 1.71 bits per heavy atom. The van der Waals surface area contributed by atoms with Gasteiger partial charge in [-0.1, -0.05) is 32.1 Å². The van der Waals surface area contributed by atoms with Gasteiger partial charge in [0.25, 0.3) is 5.91 Å². The first kappa shape index (κ1) is 22.0. The smallest absolute Gasteiger partial charge is 0.256 e. The molecule has 1 N–H and O–H groups in total. The zero-order valence-corrected chi connectivity index (χ0v) is 19.1. The van der Waals surface area contributed by atoms with Gasteiger partial charge in [-0.3, -0.25) is 9.59 Å². The van der Waals surface area contributed by atoms with Crippen LogP contribution in [0.15, 0.2) is 34.1 Å². The average molecular weight is 446 g/mol. The fourth-order valence-electron chi connectivity index (χ4n) is 4.93. The largest absolute Gasteiger partial charge is 0.350 e. The second-order valence-electron chi connectivity index (χ2n) is 8.93. The fraction of sp³-hybridized carbons (Fsp3) is 0.565. The third-order valence-corrected chi connectivity index (χ3v) is 8.77. The predicted molar refractivity (Wildman–Crippen MR) is 121 cm³/mol. The van der Waals surface area contributed by atoms with Crippen LogP contribution in [0.25, 0.3) is 10.9 Å². The van der Waals surface area contributed by atoms with E-state index in [1.807, 2.05) is 0 Å². The third kappa shape index (κ3) is 4.28. The van der Waals surface area contributed by atoms with Gasteiger partial charge in [-0.25, -0.2) is 8.42 Å². The minimum Gasteiger partial charge on any atom is -0.350 e. The van der Waals surface area contributed by atoms with Crippen molar-refractivity contribution in [2.24, 2.45) is 7.05 Å². The van der Waals surface area contributed by atoms with Gasteiger partial charge in [0.05, 0.1) is 10.4 Å². The lowest BCUT2D eigenvalue weighted by Crippen LogP contribution is -2.38. The number of rotatable bonds is 5. The molecular formula is C23H31N3O4S. The van der Waals surface area contributed by atoms with E-state index < -0.39 is 15.5 Å². The molecule has 31 heavy (non-hydrogen) atoms. The number of hydrogen-bond donors (Lipinski definition) is 1. The van der Waals surface area contributed by atoms with Gasteiger partial charge in [0, 0.05) is 37.8 Å². The van der Waals surface area contributed by atoms with Gasteiger partial charge in [0.15, 0.2) is 0 Å². The molecule has 2 aliphatic rings. The van der Waals surface area contributed by atoms with Gasteiger partial charge in [-0.15, -0.1) is 0 Å². The average Bonchev–Trinajstić information content (AvgIpc) is 3.28. The standard InChI is InChI=1S/C23H31N3O4S/c1-25-15-20(23(28)24-16-8-6-7-9-16)22(27)19-14-18(12-13-21(19)25)31(29,30)26(2)17-10-4-3-5-11-17/h12-17H,3-11H2,1-2H3,(H,24,28). The molecule has 1 amide bonds. The molecule has 168 valence electrons. The first-order chi connectivity index (χ1) is 14.8. The maximum atomic E-state index is 13.3. The van der Waals surface area contributed by atoms with Crippen LogP contribution in [-0.4, -0.2) is 42.3 Å². The summed E-state index contributed by atoms with van der Waals surface area (Å²) in [5, 5.41) is 3.20. The minimum atomic E-state index is -3.73. The van der Waals surface area contributed by atoms with Crippen molar-refractivity contribution in [2.45, 2.75) is 74.8 Å². The van der Waals surface area contributed by atoms with Crippen molar-refractivity contribution in [3.8, 4) is 0 Å². The molecule has 1 aromatic heterocycles. The number of fused-ring (bicyclic) bond motifs is 1. The minimum absolute atomic E-state index is 0.0131. The van der Waals surface area contributed by atoms with Gasteiger partial charge >= 0.3 is 0 Å². The Morgan fingerprint density at radius 1 is 1.06 bits per heavy atom.